The minimum atomic E-state index is -1.58. The van der Waals surface area contributed by atoms with Crippen molar-refractivity contribution in [2.45, 2.75) is 49.6 Å². The first-order chi connectivity index (χ1) is 16.9. The number of rotatable bonds is 6. The maximum Gasteiger partial charge on any atom is 0.197 e. The Bertz CT molecular complexity index is 1150. The first-order valence-electron chi connectivity index (χ1n) is 11.2. The molecule has 0 amide bonds. The van der Waals surface area contributed by atoms with E-state index in [9.17, 15) is 23.4 Å². The Labute approximate surface area is 198 Å². The molecule has 2 aliphatic heterocycles. The van der Waals surface area contributed by atoms with Crippen molar-refractivity contribution in [3.8, 4) is 11.3 Å². The van der Waals surface area contributed by atoms with Crippen LogP contribution >= 0.6 is 0 Å². The van der Waals surface area contributed by atoms with Gasteiger partial charge in [-0.05, 0) is 24.1 Å². The second-order valence-corrected chi connectivity index (χ2v) is 8.64. The second kappa shape index (κ2) is 9.67. The van der Waals surface area contributed by atoms with E-state index in [1.54, 1.807) is 0 Å². The fourth-order valence-electron chi connectivity index (χ4n) is 4.69. The molecule has 0 bridgehead atoms. The van der Waals surface area contributed by atoms with Crippen LogP contribution in [0.25, 0.3) is 11.3 Å². The van der Waals surface area contributed by atoms with Gasteiger partial charge in [-0.1, -0.05) is 35.5 Å². The molecule has 0 radical (unpaired) electrons. The van der Waals surface area contributed by atoms with E-state index in [0.29, 0.717) is 19.4 Å². The molecule has 0 saturated carbocycles. The van der Waals surface area contributed by atoms with Gasteiger partial charge in [-0.25, -0.2) is 17.9 Å². The molecule has 186 valence electrons. The van der Waals surface area contributed by atoms with E-state index in [0.717, 1.165) is 17.7 Å². The zero-order chi connectivity index (χ0) is 24.6. The van der Waals surface area contributed by atoms with Crippen LogP contribution in [0.1, 0.15) is 24.4 Å². The number of aliphatic hydroxyl groups is 2. The standard InChI is InChI=1S/C24H24F3N3O5/c25-16-9-15(10-17(26)20(16)27)18-11-30(29-28-18)21-22(32)19(12-31)35-24(7-4-8-34-24)23(21)33-13-14-5-2-1-3-6-14/h1-3,5-6,9-11,19,21-23,31-32H,4,7-8,12-13H2/t19-,21+,22+,23-,24+/m1/s1. The van der Waals surface area contributed by atoms with Crippen molar-refractivity contribution < 1.29 is 37.6 Å². The van der Waals surface area contributed by atoms with Crippen molar-refractivity contribution in [2.75, 3.05) is 13.2 Å². The van der Waals surface area contributed by atoms with Gasteiger partial charge >= 0.3 is 0 Å². The molecule has 11 heteroatoms. The van der Waals surface area contributed by atoms with E-state index in [1.165, 1.54) is 10.9 Å². The van der Waals surface area contributed by atoms with Gasteiger partial charge in [-0.3, -0.25) is 0 Å². The van der Waals surface area contributed by atoms with Crippen LogP contribution in [0.5, 0.6) is 0 Å². The predicted molar refractivity (Wildman–Crippen MR) is 115 cm³/mol. The fraction of sp³-hybridized carbons (Fsp3) is 0.417. The summed E-state index contributed by atoms with van der Waals surface area (Å²) >= 11 is 0. The quantitative estimate of drug-likeness (QED) is 0.512. The summed E-state index contributed by atoms with van der Waals surface area (Å²) in [6.45, 7) is 0.107. The number of benzene rings is 2. The summed E-state index contributed by atoms with van der Waals surface area (Å²) in [5.74, 6) is -5.54. The van der Waals surface area contributed by atoms with E-state index < -0.39 is 54.2 Å². The summed E-state index contributed by atoms with van der Waals surface area (Å²) in [5.41, 5.74) is 0.918. The SMILES string of the molecule is OC[C@H]1O[C@@]2(CCCO2)[C@H](OCc2ccccc2)[C@@H](n2cc(-c3cc(F)c(F)c(F)c3)nn2)[C@H]1O. The molecule has 35 heavy (non-hydrogen) atoms. The molecule has 0 unspecified atom stereocenters. The Morgan fingerprint density at radius 3 is 2.54 bits per heavy atom. The van der Waals surface area contributed by atoms with E-state index >= 15 is 0 Å². The van der Waals surface area contributed by atoms with Crippen LogP contribution in [-0.4, -0.2) is 62.5 Å². The molecule has 8 nitrogen and oxygen atoms in total. The van der Waals surface area contributed by atoms with Crippen molar-refractivity contribution in [3.05, 3.63) is 71.7 Å². The molecular formula is C24H24F3N3O5. The van der Waals surface area contributed by atoms with Crippen LogP contribution in [0.4, 0.5) is 13.2 Å². The fourth-order valence-corrected chi connectivity index (χ4v) is 4.69. The highest BCUT2D eigenvalue weighted by Gasteiger charge is 2.58. The Morgan fingerprint density at radius 1 is 1.14 bits per heavy atom. The van der Waals surface area contributed by atoms with Crippen molar-refractivity contribution in [2.24, 2.45) is 0 Å². The first kappa shape index (κ1) is 23.9. The zero-order valence-electron chi connectivity index (χ0n) is 18.6. The van der Waals surface area contributed by atoms with Gasteiger partial charge in [0.2, 0.25) is 0 Å². The van der Waals surface area contributed by atoms with Gasteiger partial charge in [0.05, 0.1) is 26.0 Å². The van der Waals surface area contributed by atoms with Crippen LogP contribution in [0.2, 0.25) is 0 Å². The summed E-state index contributed by atoms with van der Waals surface area (Å²) < 4.78 is 60.5. The van der Waals surface area contributed by atoms with Gasteiger partial charge in [-0.15, -0.1) is 5.10 Å². The number of nitrogens with zero attached hydrogens (tertiary/aromatic N) is 3. The van der Waals surface area contributed by atoms with Crippen LogP contribution in [0.3, 0.4) is 0 Å². The van der Waals surface area contributed by atoms with Gasteiger partial charge in [0.15, 0.2) is 23.2 Å². The van der Waals surface area contributed by atoms with Crippen molar-refractivity contribution in [3.63, 3.8) is 0 Å². The molecule has 2 fully saturated rings. The minimum absolute atomic E-state index is 0.0264. The lowest BCUT2D eigenvalue weighted by Gasteiger charge is -2.49. The Hall–Kier alpha value is -2.83. The lowest BCUT2D eigenvalue weighted by molar-refractivity contribution is -0.348. The molecule has 5 rings (SSSR count). The Morgan fingerprint density at radius 2 is 1.89 bits per heavy atom. The number of hydrogen-bond acceptors (Lipinski definition) is 7. The molecular weight excluding hydrogens is 467 g/mol. The molecule has 0 aliphatic carbocycles. The Kier molecular flexibility index (Phi) is 6.60. The Balaban J connectivity index is 1.52. The molecule has 2 aliphatic rings. The molecule has 2 N–H and O–H groups in total. The van der Waals surface area contributed by atoms with Gasteiger partial charge < -0.3 is 24.4 Å². The van der Waals surface area contributed by atoms with E-state index in [4.69, 9.17) is 14.2 Å². The first-order valence-corrected chi connectivity index (χ1v) is 11.2. The maximum atomic E-state index is 13.8. The van der Waals surface area contributed by atoms with E-state index in [-0.39, 0.29) is 17.9 Å². The summed E-state index contributed by atoms with van der Waals surface area (Å²) in [6, 6.07) is 10.1. The van der Waals surface area contributed by atoms with Gasteiger partial charge in [0, 0.05) is 12.0 Å². The van der Waals surface area contributed by atoms with E-state index in [1.807, 2.05) is 30.3 Å². The average Bonchev–Trinajstić information content (AvgIpc) is 3.54. The zero-order valence-corrected chi connectivity index (χ0v) is 18.6. The lowest BCUT2D eigenvalue weighted by atomic mass is 9.88. The van der Waals surface area contributed by atoms with Crippen molar-refractivity contribution in [1.29, 1.82) is 0 Å². The van der Waals surface area contributed by atoms with Crippen LogP contribution in [-0.2, 0) is 20.8 Å². The van der Waals surface area contributed by atoms with Gasteiger partial charge in [0.25, 0.3) is 0 Å². The smallest absolute Gasteiger partial charge is 0.197 e. The average molecular weight is 491 g/mol. The van der Waals surface area contributed by atoms with Gasteiger partial charge in [0.1, 0.15) is 30.0 Å². The van der Waals surface area contributed by atoms with Crippen LogP contribution in [0, 0.1) is 17.5 Å². The minimum Gasteiger partial charge on any atom is -0.394 e. The third kappa shape index (κ3) is 4.45. The number of hydrogen-bond donors (Lipinski definition) is 2. The lowest BCUT2D eigenvalue weighted by Crippen LogP contribution is -2.63. The van der Waals surface area contributed by atoms with Gasteiger partial charge in [-0.2, -0.15) is 0 Å². The summed E-state index contributed by atoms with van der Waals surface area (Å²) in [5, 5.41) is 29.1. The molecule has 2 saturated heterocycles. The molecule has 5 atom stereocenters. The van der Waals surface area contributed by atoms with E-state index in [2.05, 4.69) is 10.3 Å². The summed E-state index contributed by atoms with van der Waals surface area (Å²) in [6.07, 6.45) is -0.610. The van der Waals surface area contributed by atoms with Crippen molar-refractivity contribution >= 4 is 0 Å². The number of aromatic nitrogens is 3. The van der Waals surface area contributed by atoms with Crippen LogP contribution < -0.4 is 0 Å². The monoisotopic (exact) mass is 491 g/mol. The maximum absolute atomic E-state index is 13.8. The normalized spacial score (nSPS) is 28.6. The second-order valence-electron chi connectivity index (χ2n) is 8.64. The number of halogens is 3. The molecule has 1 spiro atoms. The highest BCUT2D eigenvalue weighted by molar-refractivity contribution is 5.57. The molecule has 1 aromatic heterocycles. The number of ether oxygens (including phenoxy) is 3. The third-order valence-electron chi connectivity index (χ3n) is 6.39. The molecule has 2 aromatic carbocycles. The topological polar surface area (TPSA) is 98.9 Å². The van der Waals surface area contributed by atoms with Crippen LogP contribution in [0.15, 0.2) is 48.7 Å². The largest absolute Gasteiger partial charge is 0.394 e. The molecule has 3 aromatic rings. The summed E-state index contributed by atoms with van der Waals surface area (Å²) in [4.78, 5) is 0. The predicted octanol–water partition coefficient (Wildman–Crippen LogP) is 2.75. The summed E-state index contributed by atoms with van der Waals surface area (Å²) in [7, 11) is 0. The highest BCUT2D eigenvalue weighted by Crippen LogP contribution is 2.45. The molecule has 3 heterocycles. The van der Waals surface area contributed by atoms with Crippen molar-refractivity contribution in [1.82, 2.24) is 15.0 Å². The highest BCUT2D eigenvalue weighted by atomic mass is 19.2. The third-order valence-corrected chi connectivity index (χ3v) is 6.39. The number of aliphatic hydroxyl groups excluding tert-OH is 2.